The summed E-state index contributed by atoms with van der Waals surface area (Å²) in [7, 11) is -2.36. The Hall–Kier alpha value is -0.820. The first kappa shape index (κ1) is 20.2. The van der Waals surface area contributed by atoms with Crippen LogP contribution in [-0.4, -0.2) is 36.8 Å². The molecular weight excluding hydrogens is 444 g/mol. The normalized spacial score (nSPS) is 11.1. The molecule has 2 rings (SSSR count). The fourth-order valence-electron chi connectivity index (χ4n) is 1.48. The zero-order valence-electron chi connectivity index (χ0n) is 13.7. The molecule has 1 heterocycles. The van der Waals surface area contributed by atoms with Crippen molar-refractivity contribution in [3.8, 4) is 6.01 Å². The molecule has 1 aromatic carbocycles. The van der Waals surface area contributed by atoms with E-state index in [1.54, 1.807) is 25.1 Å². The van der Waals surface area contributed by atoms with E-state index in [1.807, 2.05) is 22.6 Å². The van der Waals surface area contributed by atoms with Gasteiger partial charge in [-0.25, -0.2) is 0 Å². The maximum Gasteiger partial charge on any atom is 1.00 e. The van der Waals surface area contributed by atoms with Crippen molar-refractivity contribution in [2.24, 2.45) is 4.40 Å². The van der Waals surface area contributed by atoms with Gasteiger partial charge >= 0.3 is 35.6 Å². The molecular formula is C12H13IN5NaO3S. The number of aryl methyl sites for hydroxylation is 1. The predicted octanol–water partition coefficient (Wildman–Crippen LogP) is -1.26. The maximum absolute atomic E-state index is 12.1. The monoisotopic (exact) mass is 457 g/mol. The molecule has 11 heteroatoms. The fourth-order valence-corrected chi connectivity index (χ4v) is 3.57. The summed E-state index contributed by atoms with van der Waals surface area (Å²) in [6.07, 6.45) is 1.02. The second-order valence-corrected chi connectivity index (χ2v) is 6.74. The van der Waals surface area contributed by atoms with Gasteiger partial charge < -0.3 is 11.5 Å². The van der Waals surface area contributed by atoms with E-state index >= 15 is 0 Å². The molecule has 0 aliphatic carbocycles. The third-order valence-electron chi connectivity index (χ3n) is 2.41. The summed E-state index contributed by atoms with van der Waals surface area (Å²) < 4.78 is 33.3. The van der Waals surface area contributed by atoms with Gasteiger partial charge in [0.05, 0.1) is 7.11 Å². The molecule has 0 spiro atoms. The molecule has 118 valence electrons. The van der Waals surface area contributed by atoms with E-state index < -0.39 is 10.0 Å². The Morgan fingerprint density at radius 3 is 2.65 bits per heavy atom. The summed E-state index contributed by atoms with van der Waals surface area (Å²) in [4.78, 5) is 12.0. The van der Waals surface area contributed by atoms with Gasteiger partial charge in [-0.05, 0) is 41.6 Å². The molecule has 0 aliphatic rings. The van der Waals surface area contributed by atoms with Crippen LogP contribution in [-0.2, 0) is 10.0 Å². The third-order valence-corrected chi connectivity index (χ3v) is 5.01. The Bertz CT molecular complexity index is 822. The van der Waals surface area contributed by atoms with E-state index in [-0.39, 0.29) is 47.8 Å². The van der Waals surface area contributed by atoms with Gasteiger partial charge in [-0.15, -0.1) is 4.40 Å². The number of aromatic nitrogens is 3. The number of ether oxygens (including phenoxy) is 1. The van der Waals surface area contributed by atoms with Crippen molar-refractivity contribution in [1.29, 1.82) is 0 Å². The van der Waals surface area contributed by atoms with Gasteiger partial charge in [0.25, 0.3) is 10.0 Å². The molecule has 2 aromatic rings. The molecule has 0 saturated carbocycles. The average molecular weight is 457 g/mol. The minimum Gasteiger partial charge on any atom is -1.00 e. The van der Waals surface area contributed by atoms with Gasteiger partial charge in [-0.3, -0.25) is 0 Å². The summed E-state index contributed by atoms with van der Waals surface area (Å²) >= 11 is 1.94. The van der Waals surface area contributed by atoms with Crippen molar-refractivity contribution in [2.45, 2.75) is 11.8 Å². The first-order valence-electron chi connectivity index (χ1n) is 5.99. The zero-order chi connectivity index (χ0) is 16.2. The molecule has 1 N–H and O–H groups in total. The number of anilines is 1. The maximum atomic E-state index is 12.1. The number of hydrogen-bond donors (Lipinski definition) is 1. The molecule has 23 heavy (non-hydrogen) atoms. The van der Waals surface area contributed by atoms with Crippen LogP contribution >= 0.6 is 22.6 Å². The van der Waals surface area contributed by atoms with Gasteiger partial charge in [0.15, 0.2) is 0 Å². The van der Waals surface area contributed by atoms with Gasteiger partial charge in [-0.1, -0.05) is 12.1 Å². The van der Waals surface area contributed by atoms with E-state index in [4.69, 9.17) is 4.74 Å². The van der Waals surface area contributed by atoms with Crippen LogP contribution < -0.4 is 39.6 Å². The van der Waals surface area contributed by atoms with Crippen LogP contribution in [0.4, 0.5) is 5.95 Å². The van der Waals surface area contributed by atoms with Gasteiger partial charge in [0, 0.05) is 3.57 Å². The Labute approximate surface area is 171 Å². The van der Waals surface area contributed by atoms with E-state index in [9.17, 15) is 8.42 Å². The largest absolute Gasteiger partial charge is 1.00 e. The van der Waals surface area contributed by atoms with Crippen molar-refractivity contribution in [1.82, 2.24) is 15.0 Å². The van der Waals surface area contributed by atoms with Crippen LogP contribution in [0.15, 0.2) is 33.6 Å². The minimum atomic E-state index is -3.79. The van der Waals surface area contributed by atoms with Crippen LogP contribution in [0.5, 0.6) is 6.01 Å². The van der Waals surface area contributed by atoms with E-state index in [2.05, 4.69) is 24.7 Å². The fraction of sp³-hybridized carbons (Fsp3) is 0.167. The minimum absolute atomic E-state index is 0. The number of halogens is 1. The van der Waals surface area contributed by atoms with E-state index in [1.165, 1.54) is 13.2 Å². The molecule has 0 unspecified atom stereocenters. The first-order chi connectivity index (χ1) is 10.4. The molecule has 0 radical (unpaired) electrons. The summed E-state index contributed by atoms with van der Waals surface area (Å²) in [5.41, 5.74) is 0. The van der Waals surface area contributed by atoms with Gasteiger partial charge in [0.1, 0.15) is 17.1 Å². The van der Waals surface area contributed by atoms with Crippen molar-refractivity contribution in [2.75, 3.05) is 12.4 Å². The first-order valence-corrected chi connectivity index (χ1v) is 8.51. The summed E-state index contributed by atoms with van der Waals surface area (Å²) in [6, 6.07) is 6.70. The second-order valence-electron chi connectivity index (χ2n) is 3.98. The molecule has 0 saturated heterocycles. The smallest absolute Gasteiger partial charge is 1.00 e. The zero-order valence-corrected chi connectivity index (χ0v) is 17.7. The van der Waals surface area contributed by atoms with Crippen LogP contribution in [0, 0.1) is 10.5 Å². The quantitative estimate of drug-likeness (QED) is 0.259. The van der Waals surface area contributed by atoms with Crippen LogP contribution in [0.25, 0.3) is 0 Å². The van der Waals surface area contributed by atoms with Crippen molar-refractivity contribution in [3.05, 3.63) is 33.7 Å². The van der Waals surface area contributed by atoms with Crippen molar-refractivity contribution < 1.29 is 44.1 Å². The Kier molecular flexibility index (Phi) is 7.80. The molecule has 0 aliphatic heterocycles. The SMILES string of the molecule is COc1nc(C)nc(NC=NS(=O)(=O)c2ccccc2I)n1.[H-].[Na+]. The number of methoxy groups -OCH3 is 1. The Morgan fingerprint density at radius 2 is 2.00 bits per heavy atom. The molecule has 0 fully saturated rings. The summed E-state index contributed by atoms with van der Waals surface area (Å²) in [6.45, 7) is 1.66. The predicted molar refractivity (Wildman–Crippen MR) is 90.7 cm³/mol. The van der Waals surface area contributed by atoms with Crippen LogP contribution in [0.3, 0.4) is 0 Å². The van der Waals surface area contributed by atoms with Crippen LogP contribution in [0.2, 0.25) is 0 Å². The van der Waals surface area contributed by atoms with Crippen molar-refractivity contribution >= 4 is 44.9 Å². The molecule has 1 aromatic heterocycles. The molecule has 0 atom stereocenters. The van der Waals surface area contributed by atoms with Crippen LogP contribution in [0.1, 0.15) is 7.25 Å². The number of nitrogens with zero attached hydrogens (tertiary/aromatic N) is 4. The molecule has 0 bridgehead atoms. The van der Waals surface area contributed by atoms with E-state index in [0.717, 1.165) is 6.34 Å². The summed E-state index contributed by atoms with van der Waals surface area (Å²) in [5.74, 6) is 0.578. The molecule has 0 amide bonds. The number of rotatable bonds is 5. The summed E-state index contributed by atoms with van der Waals surface area (Å²) in [5, 5.41) is 2.59. The number of sulfonamides is 1. The average Bonchev–Trinajstić information content (AvgIpc) is 2.46. The van der Waals surface area contributed by atoms with Crippen molar-refractivity contribution in [3.63, 3.8) is 0 Å². The second kappa shape index (κ2) is 8.87. The Balaban J connectivity index is 0.00000264. The third kappa shape index (κ3) is 5.64. The standard InChI is InChI=1S/C12H12IN5O3S.Na.H/c1-8-16-11(18-12(17-8)21-2)14-7-15-22(19,20)10-6-4-3-5-9(10)13;;/h3-7H,1-2H3,(H,14,15,16,17,18);;/q;+1;-1. The number of nitrogens with one attached hydrogen (secondary N) is 1. The van der Waals surface area contributed by atoms with E-state index in [0.29, 0.717) is 9.39 Å². The Morgan fingerprint density at radius 1 is 1.30 bits per heavy atom. The topological polar surface area (TPSA) is 106 Å². The van der Waals surface area contributed by atoms with Gasteiger partial charge in [-0.2, -0.15) is 23.4 Å². The van der Waals surface area contributed by atoms with Gasteiger partial charge in [0.2, 0.25) is 5.95 Å². The number of benzene rings is 1. The molecule has 8 nitrogen and oxygen atoms in total. The number of hydrogen-bond acceptors (Lipinski definition) is 6.